The Morgan fingerprint density at radius 3 is 2.27 bits per heavy atom. The van der Waals surface area contributed by atoms with Gasteiger partial charge in [0.2, 0.25) is 5.91 Å². The first-order chi connectivity index (χ1) is 27.3. The first-order valence-electron chi connectivity index (χ1n) is 18.8. The number of carbonyl (C=O) groups excluding carboxylic acids is 1. The molecule has 1 aliphatic rings. The molecule has 5 rings (SSSR count). The summed E-state index contributed by atoms with van der Waals surface area (Å²) in [6.07, 6.45) is 2.04. The lowest BCUT2D eigenvalue weighted by Crippen LogP contribution is -2.47. The SMILES string of the molecule is COCCCOc1cc(CO[C@H]2CN(C(=O)Cc3cccc(CO[N+](=O)[O-])c3)CCC2c2ccc(OCCCOCc3ccccc3OC)cc2)cc(OC)c1. The van der Waals surface area contributed by atoms with Crippen LogP contribution in [-0.2, 0) is 50.1 Å². The highest BCUT2D eigenvalue weighted by atomic mass is 16.9. The Bertz CT molecular complexity index is 1820. The number of benzene rings is 4. The molecule has 1 amide bonds. The highest BCUT2D eigenvalue weighted by Crippen LogP contribution is 2.33. The molecule has 1 aliphatic heterocycles. The molecule has 0 saturated carbocycles. The molecule has 0 N–H and O–H groups in total. The minimum absolute atomic E-state index is 0.0226. The molecular weight excluding hydrogens is 720 g/mol. The van der Waals surface area contributed by atoms with E-state index in [0.717, 1.165) is 46.6 Å². The molecule has 2 atom stereocenters. The lowest BCUT2D eigenvalue weighted by Gasteiger charge is -2.39. The third kappa shape index (κ3) is 13.1. The van der Waals surface area contributed by atoms with E-state index in [4.69, 9.17) is 33.2 Å². The molecule has 300 valence electrons. The molecule has 1 heterocycles. The zero-order valence-electron chi connectivity index (χ0n) is 32.4. The van der Waals surface area contributed by atoms with Crippen molar-refractivity contribution < 1.29 is 47.9 Å². The molecule has 56 heavy (non-hydrogen) atoms. The summed E-state index contributed by atoms with van der Waals surface area (Å²) in [7, 11) is 4.93. The van der Waals surface area contributed by atoms with Gasteiger partial charge in [0.25, 0.3) is 5.09 Å². The molecule has 0 aliphatic carbocycles. The van der Waals surface area contributed by atoms with Crippen LogP contribution in [0.3, 0.4) is 0 Å². The molecule has 0 spiro atoms. The number of para-hydroxylation sites is 1. The second-order valence-corrected chi connectivity index (χ2v) is 13.4. The van der Waals surface area contributed by atoms with Crippen LogP contribution in [0.2, 0.25) is 0 Å². The van der Waals surface area contributed by atoms with Gasteiger partial charge in [-0.1, -0.05) is 54.6 Å². The van der Waals surface area contributed by atoms with E-state index in [1.54, 1.807) is 39.5 Å². The van der Waals surface area contributed by atoms with E-state index < -0.39 is 5.09 Å². The van der Waals surface area contributed by atoms with Gasteiger partial charge in [0.15, 0.2) is 0 Å². The van der Waals surface area contributed by atoms with Crippen molar-refractivity contribution in [2.75, 3.05) is 60.8 Å². The zero-order valence-corrected chi connectivity index (χ0v) is 32.4. The number of nitrogens with zero attached hydrogens (tertiary/aromatic N) is 2. The van der Waals surface area contributed by atoms with Crippen LogP contribution in [0.25, 0.3) is 0 Å². The lowest BCUT2D eigenvalue weighted by atomic mass is 9.86. The average molecular weight is 773 g/mol. The number of piperidine rings is 1. The normalized spacial score (nSPS) is 15.2. The van der Waals surface area contributed by atoms with E-state index in [1.165, 1.54) is 0 Å². The van der Waals surface area contributed by atoms with Crippen LogP contribution in [-0.4, -0.2) is 82.8 Å². The molecule has 0 aromatic heterocycles. The number of likely N-dealkylation sites (tertiary alicyclic amines) is 1. The van der Waals surface area contributed by atoms with E-state index >= 15 is 0 Å². The standard InChI is InChI=1S/C43H52N2O11/c1-49-19-7-21-54-39-25-34(24-38(27-39)50-2)29-55-42-28-44(43(46)26-32-9-6-10-33(23-32)30-56-45(47)48)18-17-40(42)35-13-15-37(16-14-35)53-22-8-20-52-31-36-11-4-5-12-41(36)51-3/h4-6,9-16,23-25,27,40,42H,7-8,17-22,26,28-31H2,1-3H3/t40?,42-/m0/s1. The van der Waals surface area contributed by atoms with E-state index in [-0.39, 0.29) is 37.6 Å². The second-order valence-electron chi connectivity index (χ2n) is 13.4. The summed E-state index contributed by atoms with van der Waals surface area (Å²) in [5, 5.41) is 9.86. The summed E-state index contributed by atoms with van der Waals surface area (Å²) in [5.74, 6) is 2.90. The van der Waals surface area contributed by atoms with Crippen LogP contribution in [0.15, 0.2) is 91.0 Å². The third-order valence-electron chi connectivity index (χ3n) is 9.46. The Balaban J connectivity index is 1.22. The molecule has 13 nitrogen and oxygen atoms in total. The molecule has 1 unspecified atom stereocenters. The fourth-order valence-corrected chi connectivity index (χ4v) is 6.61. The van der Waals surface area contributed by atoms with Gasteiger partial charge in [0.05, 0.1) is 59.8 Å². The summed E-state index contributed by atoms with van der Waals surface area (Å²) >= 11 is 0. The van der Waals surface area contributed by atoms with Crippen LogP contribution in [0.5, 0.6) is 23.0 Å². The van der Waals surface area contributed by atoms with Crippen molar-refractivity contribution in [3.05, 3.63) is 129 Å². The van der Waals surface area contributed by atoms with Crippen molar-refractivity contribution in [3.63, 3.8) is 0 Å². The minimum atomic E-state index is -0.825. The summed E-state index contributed by atoms with van der Waals surface area (Å²) in [5.41, 5.74) is 4.37. The zero-order chi connectivity index (χ0) is 39.5. The molecule has 4 aromatic rings. The van der Waals surface area contributed by atoms with Crippen molar-refractivity contribution in [1.82, 2.24) is 4.90 Å². The van der Waals surface area contributed by atoms with Crippen molar-refractivity contribution in [2.24, 2.45) is 0 Å². The highest BCUT2D eigenvalue weighted by Gasteiger charge is 2.33. The largest absolute Gasteiger partial charge is 0.497 e. The van der Waals surface area contributed by atoms with E-state index in [1.807, 2.05) is 65.6 Å². The van der Waals surface area contributed by atoms with Gasteiger partial charge in [-0.25, -0.2) is 0 Å². The van der Waals surface area contributed by atoms with Crippen LogP contribution in [0.1, 0.15) is 53.0 Å². The van der Waals surface area contributed by atoms with Gasteiger partial charge < -0.3 is 42.9 Å². The van der Waals surface area contributed by atoms with E-state index in [9.17, 15) is 14.9 Å². The molecule has 0 radical (unpaired) electrons. The van der Waals surface area contributed by atoms with Crippen LogP contribution in [0, 0.1) is 10.1 Å². The summed E-state index contributed by atoms with van der Waals surface area (Å²) in [6, 6.07) is 28.7. The van der Waals surface area contributed by atoms with Gasteiger partial charge in [-0.2, -0.15) is 0 Å². The van der Waals surface area contributed by atoms with Gasteiger partial charge in [0.1, 0.15) is 29.6 Å². The van der Waals surface area contributed by atoms with Crippen molar-refractivity contribution in [1.29, 1.82) is 0 Å². The predicted molar refractivity (Wildman–Crippen MR) is 209 cm³/mol. The third-order valence-corrected chi connectivity index (χ3v) is 9.46. The molecule has 1 saturated heterocycles. The molecule has 0 bridgehead atoms. The monoisotopic (exact) mass is 772 g/mol. The van der Waals surface area contributed by atoms with Gasteiger partial charge in [0, 0.05) is 57.2 Å². The number of amides is 1. The van der Waals surface area contributed by atoms with Crippen molar-refractivity contribution in [2.45, 2.75) is 57.5 Å². The van der Waals surface area contributed by atoms with Crippen LogP contribution >= 0.6 is 0 Å². The predicted octanol–water partition coefficient (Wildman–Crippen LogP) is 6.96. The Kier molecular flexibility index (Phi) is 16.6. The number of ether oxygens (including phenoxy) is 7. The van der Waals surface area contributed by atoms with Gasteiger partial charge in [-0.3, -0.25) is 4.79 Å². The summed E-state index contributed by atoms with van der Waals surface area (Å²) < 4.78 is 40.6. The fraction of sp³-hybridized carbons (Fsp3) is 0.419. The maximum Gasteiger partial charge on any atom is 0.294 e. The van der Waals surface area contributed by atoms with Gasteiger partial charge in [-0.05, 0) is 59.0 Å². The molecular formula is C43H52N2O11. The Morgan fingerprint density at radius 2 is 1.50 bits per heavy atom. The first kappa shape index (κ1) is 41.8. The number of hydrogen-bond acceptors (Lipinski definition) is 11. The average Bonchev–Trinajstić information content (AvgIpc) is 3.22. The first-order valence-corrected chi connectivity index (χ1v) is 18.8. The topological polar surface area (TPSA) is 137 Å². The van der Waals surface area contributed by atoms with Gasteiger partial charge in [-0.15, -0.1) is 10.1 Å². The van der Waals surface area contributed by atoms with E-state index in [2.05, 4.69) is 17.0 Å². The Labute approximate surface area is 328 Å². The Hall–Kier alpha value is -5.37. The smallest absolute Gasteiger partial charge is 0.294 e. The van der Waals surface area contributed by atoms with Gasteiger partial charge >= 0.3 is 0 Å². The molecule has 1 fully saturated rings. The van der Waals surface area contributed by atoms with Crippen molar-refractivity contribution >= 4 is 5.91 Å². The maximum absolute atomic E-state index is 13.7. The van der Waals surface area contributed by atoms with E-state index in [0.29, 0.717) is 69.6 Å². The van der Waals surface area contributed by atoms with Crippen molar-refractivity contribution in [3.8, 4) is 23.0 Å². The Morgan fingerprint density at radius 1 is 0.750 bits per heavy atom. The molecule has 13 heteroatoms. The number of rotatable bonds is 23. The molecule has 4 aromatic carbocycles. The highest BCUT2D eigenvalue weighted by molar-refractivity contribution is 5.79. The lowest BCUT2D eigenvalue weighted by molar-refractivity contribution is -0.763. The maximum atomic E-state index is 13.7. The number of hydrogen-bond donors (Lipinski definition) is 0. The fourth-order valence-electron chi connectivity index (χ4n) is 6.61. The minimum Gasteiger partial charge on any atom is -0.497 e. The van der Waals surface area contributed by atoms with Crippen LogP contribution in [0.4, 0.5) is 0 Å². The summed E-state index contributed by atoms with van der Waals surface area (Å²) in [4.78, 5) is 30.7. The quantitative estimate of drug-likeness (QED) is 0.0440. The summed E-state index contributed by atoms with van der Waals surface area (Å²) in [6.45, 7) is 3.72. The number of methoxy groups -OCH3 is 3. The number of carbonyl (C=O) groups is 1. The van der Waals surface area contributed by atoms with Crippen LogP contribution < -0.4 is 18.9 Å². The second kappa shape index (κ2) is 22.2.